The first-order valence-corrected chi connectivity index (χ1v) is 11.3. The molecule has 158 valence electrons. The second kappa shape index (κ2) is 8.33. The first-order valence-electron chi connectivity index (χ1n) is 10.2. The van der Waals surface area contributed by atoms with E-state index in [1.54, 1.807) is 13.2 Å². The van der Waals surface area contributed by atoms with Crippen molar-refractivity contribution >= 4 is 85.3 Å². The lowest BCUT2D eigenvalue weighted by Crippen LogP contribution is -1.94. The van der Waals surface area contributed by atoms with Gasteiger partial charge in [0.1, 0.15) is 5.75 Å². The number of hydrogen-bond acceptors (Lipinski definition) is 1. The van der Waals surface area contributed by atoms with Crippen LogP contribution in [-0.2, 0) is 0 Å². The predicted molar refractivity (Wildman–Crippen MR) is 141 cm³/mol. The van der Waals surface area contributed by atoms with Crippen LogP contribution in [0.1, 0.15) is 16.7 Å². The topological polar surface area (TPSA) is 9.23 Å². The molecule has 1 nitrogen and oxygen atoms in total. The van der Waals surface area contributed by atoms with Gasteiger partial charge in [-0.05, 0) is 73.3 Å². The second-order valence-electron chi connectivity index (χ2n) is 7.72. The van der Waals surface area contributed by atoms with E-state index in [0.29, 0.717) is 0 Å². The van der Waals surface area contributed by atoms with Gasteiger partial charge in [-0.3, -0.25) is 0 Å². The van der Waals surface area contributed by atoms with Gasteiger partial charge >= 0.3 is 0 Å². The lowest BCUT2D eigenvalue weighted by molar-refractivity contribution is 0.415. The van der Waals surface area contributed by atoms with Crippen molar-refractivity contribution in [1.82, 2.24) is 0 Å². The SMILES string of the molecule is COc1ccc(C=Cc2cc3c(C=CC(Cl)(Cl)Cl)ccc4ccc5cccc2c5c43)cc1. The van der Waals surface area contributed by atoms with Crippen molar-refractivity contribution in [2.45, 2.75) is 3.79 Å². The summed E-state index contributed by atoms with van der Waals surface area (Å²) in [6, 6.07) is 25.2. The van der Waals surface area contributed by atoms with E-state index in [2.05, 4.69) is 60.7 Å². The van der Waals surface area contributed by atoms with Crippen LogP contribution in [0.2, 0.25) is 0 Å². The molecule has 0 unspecified atom stereocenters. The summed E-state index contributed by atoms with van der Waals surface area (Å²) >= 11 is 17.9. The third-order valence-corrected chi connectivity index (χ3v) is 6.11. The first kappa shape index (κ1) is 21.2. The zero-order valence-corrected chi connectivity index (χ0v) is 19.5. The van der Waals surface area contributed by atoms with Gasteiger partial charge in [0.15, 0.2) is 0 Å². The molecule has 0 amide bonds. The fourth-order valence-corrected chi connectivity index (χ4v) is 4.42. The van der Waals surface area contributed by atoms with Crippen molar-refractivity contribution in [2.24, 2.45) is 0 Å². The molecule has 0 aromatic heterocycles. The van der Waals surface area contributed by atoms with Crippen LogP contribution < -0.4 is 4.74 Å². The average Bonchev–Trinajstić information content (AvgIpc) is 2.80. The Bertz CT molecular complexity index is 1480. The van der Waals surface area contributed by atoms with E-state index < -0.39 is 3.79 Å². The molecular formula is C28H19Cl3O. The van der Waals surface area contributed by atoms with Crippen LogP contribution in [0.25, 0.3) is 50.5 Å². The molecule has 0 aliphatic rings. The molecule has 0 N–H and O–H groups in total. The standard InChI is InChI=1S/C28H19Cl3O/c1-32-23-13-6-18(7-14-23)5-8-22-17-25-19(15-16-28(29,30)31)9-10-21-12-11-20-3-2-4-24(22)26(20)27(21)25/h2-17H,1H3. The molecule has 5 aromatic carbocycles. The summed E-state index contributed by atoms with van der Waals surface area (Å²) in [6.07, 6.45) is 7.76. The van der Waals surface area contributed by atoms with Gasteiger partial charge in [0.25, 0.3) is 0 Å². The van der Waals surface area contributed by atoms with E-state index >= 15 is 0 Å². The van der Waals surface area contributed by atoms with Crippen LogP contribution in [0, 0.1) is 0 Å². The normalized spacial score (nSPS) is 12.8. The number of allylic oxidation sites excluding steroid dienone is 1. The molecule has 0 saturated heterocycles. The van der Waals surface area contributed by atoms with Gasteiger partial charge in [0, 0.05) is 0 Å². The minimum absolute atomic E-state index is 0.842. The van der Waals surface area contributed by atoms with E-state index in [1.807, 2.05) is 30.3 Å². The molecule has 0 bridgehead atoms. The zero-order valence-electron chi connectivity index (χ0n) is 17.3. The molecule has 5 aromatic rings. The van der Waals surface area contributed by atoms with Crippen molar-refractivity contribution < 1.29 is 4.74 Å². The number of rotatable bonds is 4. The summed E-state index contributed by atoms with van der Waals surface area (Å²) in [4.78, 5) is 0. The molecule has 0 fully saturated rings. The Balaban J connectivity index is 1.75. The Morgan fingerprint density at radius 1 is 0.688 bits per heavy atom. The maximum atomic E-state index is 5.98. The van der Waals surface area contributed by atoms with E-state index in [1.165, 1.54) is 26.9 Å². The molecule has 32 heavy (non-hydrogen) atoms. The summed E-state index contributed by atoms with van der Waals surface area (Å²) in [5.41, 5.74) is 3.26. The lowest BCUT2D eigenvalue weighted by atomic mass is 9.89. The van der Waals surface area contributed by atoms with Crippen molar-refractivity contribution in [3.05, 3.63) is 95.6 Å². The highest BCUT2D eigenvalue weighted by Gasteiger charge is 2.16. The molecule has 0 radical (unpaired) electrons. The highest BCUT2D eigenvalue weighted by Crippen LogP contribution is 2.39. The van der Waals surface area contributed by atoms with Crippen LogP contribution in [0.15, 0.2) is 78.9 Å². The molecule has 4 heteroatoms. The quantitative estimate of drug-likeness (QED) is 0.142. The molecule has 0 aliphatic heterocycles. The average molecular weight is 478 g/mol. The van der Waals surface area contributed by atoms with E-state index in [0.717, 1.165) is 27.8 Å². The van der Waals surface area contributed by atoms with Crippen LogP contribution in [-0.4, -0.2) is 10.9 Å². The number of ether oxygens (including phenoxy) is 1. The van der Waals surface area contributed by atoms with Crippen molar-refractivity contribution in [3.8, 4) is 5.75 Å². The summed E-state index contributed by atoms with van der Waals surface area (Å²) in [5, 5.41) is 7.23. The van der Waals surface area contributed by atoms with Gasteiger partial charge in [0.2, 0.25) is 3.79 Å². The van der Waals surface area contributed by atoms with Gasteiger partial charge in [-0.25, -0.2) is 0 Å². The number of methoxy groups -OCH3 is 1. The lowest BCUT2D eigenvalue weighted by Gasteiger charge is -2.15. The zero-order chi connectivity index (χ0) is 22.3. The Labute approximate surface area is 201 Å². The van der Waals surface area contributed by atoms with Gasteiger partial charge in [0.05, 0.1) is 7.11 Å². The Morgan fingerprint density at radius 2 is 1.38 bits per heavy atom. The molecule has 0 spiro atoms. The molecular weight excluding hydrogens is 459 g/mol. The van der Waals surface area contributed by atoms with Crippen LogP contribution in [0.4, 0.5) is 0 Å². The van der Waals surface area contributed by atoms with Gasteiger partial charge in [-0.2, -0.15) is 0 Å². The number of hydrogen-bond donors (Lipinski definition) is 0. The van der Waals surface area contributed by atoms with Gasteiger partial charge in [-0.15, -0.1) is 0 Å². The molecule has 0 saturated carbocycles. The Kier molecular flexibility index (Phi) is 5.51. The monoisotopic (exact) mass is 476 g/mol. The molecule has 5 rings (SSSR count). The molecule has 0 aliphatic carbocycles. The Hall–Kier alpha value is -2.71. The summed E-state index contributed by atoms with van der Waals surface area (Å²) in [6.45, 7) is 0. The number of benzene rings is 5. The summed E-state index contributed by atoms with van der Waals surface area (Å²) in [7, 11) is 1.67. The Morgan fingerprint density at radius 3 is 2.09 bits per heavy atom. The first-order chi connectivity index (χ1) is 15.4. The maximum absolute atomic E-state index is 5.98. The second-order valence-corrected chi connectivity index (χ2v) is 10.1. The number of alkyl halides is 3. The minimum atomic E-state index is -1.44. The highest BCUT2D eigenvalue weighted by atomic mass is 35.6. The number of halogens is 3. The fraction of sp³-hybridized carbons (Fsp3) is 0.0714. The van der Waals surface area contributed by atoms with Crippen molar-refractivity contribution in [3.63, 3.8) is 0 Å². The minimum Gasteiger partial charge on any atom is -0.497 e. The largest absolute Gasteiger partial charge is 0.497 e. The summed E-state index contributed by atoms with van der Waals surface area (Å²) in [5.74, 6) is 0.842. The van der Waals surface area contributed by atoms with Gasteiger partial charge in [-0.1, -0.05) is 108 Å². The molecule has 0 atom stereocenters. The smallest absolute Gasteiger partial charge is 0.209 e. The maximum Gasteiger partial charge on any atom is 0.209 e. The predicted octanol–water partition coefficient (Wildman–Crippen LogP) is 9.15. The van der Waals surface area contributed by atoms with E-state index in [9.17, 15) is 0 Å². The highest BCUT2D eigenvalue weighted by molar-refractivity contribution is 6.69. The third kappa shape index (κ3) is 4.04. The fourth-order valence-electron chi connectivity index (χ4n) is 4.24. The van der Waals surface area contributed by atoms with E-state index in [4.69, 9.17) is 39.5 Å². The van der Waals surface area contributed by atoms with Crippen LogP contribution in [0.5, 0.6) is 5.75 Å². The molecule has 0 heterocycles. The van der Waals surface area contributed by atoms with E-state index in [-0.39, 0.29) is 0 Å². The van der Waals surface area contributed by atoms with Crippen LogP contribution in [0.3, 0.4) is 0 Å². The van der Waals surface area contributed by atoms with Crippen molar-refractivity contribution in [2.75, 3.05) is 7.11 Å². The van der Waals surface area contributed by atoms with Gasteiger partial charge < -0.3 is 4.74 Å². The van der Waals surface area contributed by atoms with Crippen molar-refractivity contribution in [1.29, 1.82) is 0 Å². The summed E-state index contributed by atoms with van der Waals surface area (Å²) < 4.78 is 3.82. The van der Waals surface area contributed by atoms with Crippen LogP contribution >= 0.6 is 34.8 Å². The third-order valence-electron chi connectivity index (χ3n) is 5.73.